The second-order valence-corrected chi connectivity index (χ2v) is 7.29. The molecule has 1 rings (SSSR count). The number of carbonyl (C=O) groups excluding carboxylic acids is 1. The summed E-state index contributed by atoms with van der Waals surface area (Å²) in [5.74, 6) is 0.115. The van der Waals surface area contributed by atoms with E-state index in [2.05, 4.69) is 26.6 Å². The number of hydrogen-bond donors (Lipinski definition) is 2. The minimum absolute atomic E-state index is 0.186. The van der Waals surface area contributed by atoms with Crippen LogP contribution in [0.1, 0.15) is 20.3 Å². The van der Waals surface area contributed by atoms with E-state index in [1.165, 1.54) is 12.1 Å². The van der Waals surface area contributed by atoms with Crippen LogP contribution in [0.3, 0.4) is 0 Å². The molecule has 0 bridgehead atoms. The normalized spacial score (nSPS) is 11.9. The van der Waals surface area contributed by atoms with Crippen molar-refractivity contribution in [1.82, 2.24) is 5.32 Å². The number of nitrogens with one attached hydrogen (secondary N) is 2. The molecule has 0 fully saturated rings. The van der Waals surface area contributed by atoms with Crippen LogP contribution in [0.4, 0.5) is 10.1 Å². The van der Waals surface area contributed by atoms with Gasteiger partial charge in [-0.1, -0.05) is 0 Å². The van der Waals surface area contributed by atoms with Crippen molar-refractivity contribution >= 4 is 56.7 Å². The first kappa shape index (κ1) is 20.2. The molecule has 0 saturated heterocycles. The van der Waals surface area contributed by atoms with Gasteiger partial charge in [-0.05, 0) is 78.6 Å². The van der Waals surface area contributed by atoms with Gasteiger partial charge in [0.25, 0.3) is 0 Å². The second-order valence-electron chi connectivity index (χ2n) is 5.04. The average molecular weight is 423 g/mol. The summed E-state index contributed by atoms with van der Waals surface area (Å²) < 4.78 is 18.9. The molecule has 0 amide bonds. The predicted octanol–water partition coefficient (Wildman–Crippen LogP) is 3.95. The van der Waals surface area contributed by atoms with E-state index in [0.29, 0.717) is 16.6 Å². The van der Waals surface area contributed by atoms with Crippen LogP contribution in [0.15, 0.2) is 22.7 Å². The number of anilines is 1. The highest BCUT2D eigenvalue weighted by Gasteiger charge is 2.21. The topological polar surface area (TPSA) is 50.4 Å². The molecule has 2 N–H and O–H groups in total. The van der Waals surface area contributed by atoms with Crippen LogP contribution < -0.4 is 10.6 Å². The molecule has 0 heterocycles. The van der Waals surface area contributed by atoms with E-state index in [4.69, 9.17) is 17.0 Å². The van der Waals surface area contributed by atoms with Crippen molar-refractivity contribution in [2.75, 3.05) is 17.3 Å². The Bertz CT molecular complexity index is 558. The lowest BCUT2D eigenvalue weighted by Gasteiger charge is -2.21. The molecule has 0 aliphatic carbocycles. The first-order valence-electron chi connectivity index (χ1n) is 7.05. The molecule has 0 spiro atoms. The zero-order valence-corrected chi connectivity index (χ0v) is 16.4. The number of thioether (sulfide) groups is 1. The summed E-state index contributed by atoms with van der Waals surface area (Å²) in [6.07, 6.45) is 2.38. The molecule has 1 unspecified atom stereocenters. The highest BCUT2D eigenvalue weighted by atomic mass is 79.9. The van der Waals surface area contributed by atoms with Crippen molar-refractivity contribution in [3.05, 3.63) is 28.5 Å². The summed E-state index contributed by atoms with van der Waals surface area (Å²) >= 11 is 10.1. The number of thiocarbonyl (C=S) groups is 1. The van der Waals surface area contributed by atoms with E-state index in [0.717, 1.165) is 5.75 Å². The Balaban J connectivity index is 2.70. The lowest BCUT2D eigenvalue weighted by atomic mass is 10.2. The molecule has 23 heavy (non-hydrogen) atoms. The van der Waals surface area contributed by atoms with Crippen LogP contribution in [0, 0.1) is 5.82 Å². The molecule has 1 aromatic carbocycles. The van der Waals surface area contributed by atoms with Crippen molar-refractivity contribution in [2.45, 2.75) is 32.4 Å². The summed E-state index contributed by atoms with van der Waals surface area (Å²) in [5, 5.41) is 6.19. The summed E-state index contributed by atoms with van der Waals surface area (Å²) in [4.78, 5) is 12.1. The number of hydrogen-bond acceptors (Lipinski definition) is 4. The Morgan fingerprint density at radius 1 is 1.48 bits per heavy atom. The molecular formula is C15H20BrFN2O2S2. The molecular weight excluding hydrogens is 403 g/mol. The fraction of sp³-hybridized carbons (Fsp3) is 0.467. The van der Waals surface area contributed by atoms with Gasteiger partial charge in [0.2, 0.25) is 0 Å². The van der Waals surface area contributed by atoms with E-state index in [1.807, 2.05) is 6.26 Å². The van der Waals surface area contributed by atoms with Gasteiger partial charge in [0.05, 0.1) is 11.8 Å². The van der Waals surface area contributed by atoms with Gasteiger partial charge < -0.3 is 15.4 Å². The molecule has 0 saturated carbocycles. The maximum Gasteiger partial charge on any atom is 0.328 e. The quantitative estimate of drug-likeness (QED) is 0.512. The van der Waals surface area contributed by atoms with E-state index < -0.39 is 6.04 Å². The van der Waals surface area contributed by atoms with Crippen molar-refractivity contribution in [3.8, 4) is 0 Å². The number of esters is 1. The van der Waals surface area contributed by atoms with E-state index >= 15 is 0 Å². The average Bonchev–Trinajstić information content (AvgIpc) is 2.45. The second kappa shape index (κ2) is 10.1. The molecule has 8 heteroatoms. The van der Waals surface area contributed by atoms with Gasteiger partial charge >= 0.3 is 5.97 Å². The predicted molar refractivity (Wildman–Crippen MR) is 101 cm³/mol. The zero-order chi connectivity index (χ0) is 17.4. The minimum atomic E-state index is -0.524. The van der Waals surface area contributed by atoms with Gasteiger partial charge in [-0.2, -0.15) is 11.8 Å². The smallest absolute Gasteiger partial charge is 0.328 e. The van der Waals surface area contributed by atoms with E-state index in [1.54, 1.807) is 31.7 Å². The zero-order valence-electron chi connectivity index (χ0n) is 13.2. The number of carbonyl (C=O) groups is 1. The summed E-state index contributed by atoms with van der Waals surface area (Å²) in [5.41, 5.74) is 0.616. The Morgan fingerprint density at radius 2 is 2.17 bits per heavy atom. The standard InChI is InChI=1S/C15H20BrFN2O2S2/c1-9(2)21-14(20)13(6-7-23-3)19-15(22)18-12-5-4-10(17)8-11(12)16/h4-5,8-9,13H,6-7H2,1-3H3,(H2,18,19,22). The Labute approximate surface area is 154 Å². The minimum Gasteiger partial charge on any atom is -0.461 e. The maximum atomic E-state index is 13.1. The number of benzene rings is 1. The summed E-state index contributed by atoms with van der Waals surface area (Å²) in [6.45, 7) is 3.60. The molecule has 0 aliphatic rings. The lowest BCUT2D eigenvalue weighted by molar-refractivity contribution is -0.149. The van der Waals surface area contributed by atoms with Gasteiger partial charge in [-0.15, -0.1) is 0 Å². The molecule has 0 aromatic heterocycles. The van der Waals surface area contributed by atoms with Crippen molar-refractivity contribution in [3.63, 3.8) is 0 Å². The van der Waals surface area contributed by atoms with Gasteiger partial charge in [-0.3, -0.25) is 0 Å². The first-order valence-corrected chi connectivity index (χ1v) is 9.65. The molecule has 1 aromatic rings. The number of rotatable bonds is 7. The highest BCUT2D eigenvalue weighted by Crippen LogP contribution is 2.23. The molecule has 1 atom stereocenters. The number of halogens is 2. The van der Waals surface area contributed by atoms with Crippen molar-refractivity contribution in [2.24, 2.45) is 0 Å². The van der Waals surface area contributed by atoms with E-state index in [9.17, 15) is 9.18 Å². The van der Waals surface area contributed by atoms with Gasteiger partial charge in [0, 0.05) is 4.47 Å². The highest BCUT2D eigenvalue weighted by molar-refractivity contribution is 9.10. The fourth-order valence-corrected chi connectivity index (χ4v) is 2.88. The van der Waals surface area contributed by atoms with Crippen LogP contribution in [-0.4, -0.2) is 35.2 Å². The van der Waals surface area contributed by atoms with E-state index in [-0.39, 0.29) is 23.0 Å². The van der Waals surface area contributed by atoms with Crippen LogP contribution in [0.2, 0.25) is 0 Å². The van der Waals surface area contributed by atoms with Crippen LogP contribution >= 0.6 is 39.9 Å². The lowest BCUT2D eigenvalue weighted by Crippen LogP contribution is -2.44. The Morgan fingerprint density at radius 3 is 2.74 bits per heavy atom. The third-order valence-electron chi connectivity index (χ3n) is 2.73. The van der Waals surface area contributed by atoms with Crippen molar-refractivity contribution < 1.29 is 13.9 Å². The van der Waals surface area contributed by atoms with Gasteiger partial charge in [0.15, 0.2) is 5.11 Å². The molecule has 4 nitrogen and oxygen atoms in total. The Hall–Kier alpha value is -0.860. The SMILES string of the molecule is CSCCC(NC(=S)Nc1ccc(F)cc1Br)C(=O)OC(C)C. The van der Waals surface area contributed by atoms with Crippen LogP contribution in [-0.2, 0) is 9.53 Å². The van der Waals surface area contributed by atoms with Crippen LogP contribution in [0.25, 0.3) is 0 Å². The summed E-state index contributed by atoms with van der Waals surface area (Å²) in [7, 11) is 0. The molecule has 128 valence electrons. The first-order chi connectivity index (χ1) is 10.8. The van der Waals surface area contributed by atoms with Crippen molar-refractivity contribution in [1.29, 1.82) is 0 Å². The molecule has 0 radical (unpaired) electrons. The summed E-state index contributed by atoms with van der Waals surface area (Å²) in [6, 6.07) is 3.71. The third-order valence-corrected chi connectivity index (χ3v) is 4.25. The number of ether oxygens (including phenoxy) is 1. The fourth-order valence-electron chi connectivity index (χ4n) is 1.71. The largest absolute Gasteiger partial charge is 0.461 e. The maximum absolute atomic E-state index is 13.1. The molecule has 0 aliphatic heterocycles. The monoisotopic (exact) mass is 422 g/mol. The van der Waals surface area contributed by atoms with Gasteiger partial charge in [0.1, 0.15) is 11.9 Å². The van der Waals surface area contributed by atoms with Gasteiger partial charge in [-0.25, -0.2) is 9.18 Å². The Kier molecular flexibility index (Phi) is 8.86. The third kappa shape index (κ3) is 7.50. The van der Waals surface area contributed by atoms with Crippen LogP contribution in [0.5, 0.6) is 0 Å².